The molecular formula is C27H38Cl2N4O4S. The molecule has 0 saturated carbocycles. The summed E-state index contributed by atoms with van der Waals surface area (Å²) < 4.78 is 29.0. The highest BCUT2D eigenvalue weighted by Gasteiger charge is 2.34. The van der Waals surface area contributed by atoms with Crippen LogP contribution in [0.5, 0.6) is 0 Å². The van der Waals surface area contributed by atoms with Crippen LogP contribution < -0.4 is 9.62 Å². The van der Waals surface area contributed by atoms with Crippen molar-refractivity contribution in [3.63, 3.8) is 0 Å². The van der Waals surface area contributed by atoms with Gasteiger partial charge in [-0.15, -0.1) is 0 Å². The Labute approximate surface area is 237 Å². The number of benzene rings is 2. The third-order valence-electron chi connectivity index (χ3n) is 6.39. The van der Waals surface area contributed by atoms with Crippen LogP contribution in [0.25, 0.3) is 0 Å². The van der Waals surface area contributed by atoms with Gasteiger partial charge in [0, 0.05) is 36.7 Å². The van der Waals surface area contributed by atoms with E-state index in [9.17, 15) is 18.0 Å². The number of carbonyl (C=O) groups is 2. The van der Waals surface area contributed by atoms with Crippen molar-refractivity contribution in [2.45, 2.75) is 66.1 Å². The van der Waals surface area contributed by atoms with Crippen LogP contribution in [-0.4, -0.2) is 62.2 Å². The van der Waals surface area contributed by atoms with Crippen LogP contribution in [-0.2, 0) is 26.3 Å². The van der Waals surface area contributed by atoms with Gasteiger partial charge < -0.3 is 10.2 Å². The van der Waals surface area contributed by atoms with Crippen molar-refractivity contribution >= 4 is 50.9 Å². The Kier molecular flexibility index (Phi) is 11.4. The topological polar surface area (TPSA) is 90.0 Å². The van der Waals surface area contributed by atoms with Gasteiger partial charge in [0.2, 0.25) is 11.8 Å². The van der Waals surface area contributed by atoms with E-state index in [1.165, 1.54) is 19.0 Å². The molecule has 38 heavy (non-hydrogen) atoms. The summed E-state index contributed by atoms with van der Waals surface area (Å²) in [5.41, 5.74) is 2.53. The van der Waals surface area contributed by atoms with E-state index < -0.39 is 28.7 Å². The lowest BCUT2D eigenvalue weighted by molar-refractivity contribution is -0.140. The Morgan fingerprint density at radius 2 is 1.66 bits per heavy atom. The maximum absolute atomic E-state index is 14.0. The predicted octanol–water partition coefficient (Wildman–Crippen LogP) is 4.95. The minimum Gasteiger partial charge on any atom is -0.352 e. The van der Waals surface area contributed by atoms with E-state index >= 15 is 0 Å². The number of anilines is 1. The molecule has 210 valence electrons. The van der Waals surface area contributed by atoms with Crippen LogP contribution in [0.3, 0.4) is 0 Å². The molecule has 0 aliphatic carbocycles. The standard InChI is InChI=1S/C27H38Cl2N4O4S/c1-8-20(5)30-27(35)24(9-2)32(16-21-12-13-22(28)15-23(21)29)26(34)17-33(38(36,37)31(6)7)25-14-18(3)10-11-19(25)4/h10-15,20,24H,8-9,16-17H2,1-7H3,(H,30,35)/t20-,24+/m0/s1. The molecule has 0 fully saturated rings. The highest BCUT2D eigenvalue weighted by atomic mass is 35.5. The Hall–Kier alpha value is -2.33. The predicted molar refractivity (Wildman–Crippen MR) is 155 cm³/mol. The summed E-state index contributed by atoms with van der Waals surface area (Å²) in [5, 5.41) is 3.74. The number of hydrogen-bond acceptors (Lipinski definition) is 4. The third kappa shape index (κ3) is 7.85. The van der Waals surface area contributed by atoms with Crippen molar-refractivity contribution < 1.29 is 18.0 Å². The van der Waals surface area contributed by atoms with Gasteiger partial charge in [0.1, 0.15) is 12.6 Å². The number of aryl methyl sites for hydroxylation is 2. The molecule has 1 N–H and O–H groups in total. The molecule has 2 aromatic rings. The van der Waals surface area contributed by atoms with E-state index in [4.69, 9.17) is 23.2 Å². The van der Waals surface area contributed by atoms with E-state index in [0.29, 0.717) is 33.3 Å². The molecule has 0 unspecified atom stereocenters. The van der Waals surface area contributed by atoms with Gasteiger partial charge in [-0.1, -0.05) is 55.2 Å². The van der Waals surface area contributed by atoms with Gasteiger partial charge in [-0.2, -0.15) is 12.7 Å². The fraction of sp³-hybridized carbons (Fsp3) is 0.481. The smallest absolute Gasteiger partial charge is 0.304 e. The van der Waals surface area contributed by atoms with Gasteiger partial charge >= 0.3 is 10.2 Å². The molecule has 0 aliphatic heterocycles. The zero-order valence-corrected chi connectivity index (χ0v) is 25.4. The van der Waals surface area contributed by atoms with E-state index in [1.807, 2.05) is 39.8 Å². The summed E-state index contributed by atoms with van der Waals surface area (Å²) in [7, 11) is -1.22. The summed E-state index contributed by atoms with van der Waals surface area (Å²) in [6, 6.07) is 9.42. The highest BCUT2D eigenvalue weighted by Crippen LogP contribution is 2.27. The van der Waals surface area contributed by atoms with Crippen molar-refractivity contribution in [2.24, 2.45) is 0 Å². The monoisotopic (exact) mass is 584 g/mol. The van der Waals surface area contributed by atoms with E-state index in [-0.39, 0.29) is 18.5 Å². The number of hydrogen-bond donors (Lipinski definition) is 1. The quantitative estimate of drug-likeness (QED) is 0.382. The molecular weight excluding hydrogens is 547 g/mol. The molecule has 0 bridgehead atoms. The van der Waals surface area contributed by atoms with Gasteiger partial charge in [-0.25, -0.2) is 4.31 Å². The number of carbonyl (C=O) groups excluding carboxylic acids is 2. The summed E-state index contributed by atoms with van der Waals surface area (Å²) in [4.78, 5) is 28.7. The van der Waals surface area contributed by atoms with Crippen LogP contribution >= 0.6 is 23.2 Å². The first-order valence-electron chi connectivity index (χ1n) is 12.5. The van der Waals surface area contributed by atoms with Gasteiger partial charge in [0.05, 0.1) is 5.69 Å². The zero-order valence-electron chi connectivity index (χ0n) is 23.1. The zero-order chi connectivity index (χ0) is 28.8. The lowest BCUT2D eigenvalue weighted by Gasteiger charge is -2.35. The largest absolute Gasteiger partial charge is 0.352 e. The number of amides is 2. The summed E-state index contributed by atoms with van der Waals surface area (Å²) in [6.45, 7) is 8.80. The molecule has 0 spiro atoms. The fourth-order valence-electron chi connectivity index (χ4n) is 3.88. The molecule has 2 atom stereocenters. The van der Waals surface area contributed by atoms with Gasteiger partial charge in [-0.05, 0) is 68.5 Å². The third-order valence-corrected chi connectivity index (χ3v) is 8.79. The molecule has 2 aromatic carbocycles. The van der Waals surface area contributed by atoms with E-state index in [2.05, 4.69) is 5.32 Å². The number of nitrogens with one attached hydrogen (secondary N) is 1. The summed E-state index contributed by atoms with van der Waals surface area (Å²) in [6.07, 6.45) is 1.05. The maximum Gasteiger partial charge on any atom is 0.304 e. The first-order chi connectivity index (χ1) is 17.7. The summed E-state index contributed by atoms with van der Waals surface area (Å²) >= 11 is 12.5. The van der Waals surface area contributed by atoms with Crippen molar-refractivity contribution in [2.75, 3.05) is 24.9 Å². The second-order valence-corrected chi connectivity index (χ2v) is 12.5. The molecule has 11 heteroatoms. The van der Waals surface area contributed by atoms with E-state index in [0.717, 1.165) is 20.6 Å². The number of halogens is 2. The molecule has 2 amide bonds. The number of nitrogens with zero attached hydrogens (tertiary/aromatic N) is 3. The van der Waals surface area contributed by atoms with Gasteiger partial charge in [-0.3, -0.25) is 9.59 Å². The lowest BCUT2D eigenvalue weighted by Crippen LogP contribution is -2.54. The minimum atomic E-state index is -4.05. The average Bonchev–Trinajstić information content (AvgIpc) is 2.84. The minimum absolute atomic E-state index is 0.00389. The van der Waals surface area contributed by atoms with Crippen molar-refractivity contribution in [3.8, 4) is 0 Å². The van der Waals surface area contributed by atoms with Crippen LogP contribution in [0.1, 0.15) is 50.3 Å². The van der Waals surface area contributed by atoms with Crippen LogP contribution in [0.4, 0.5) is 5.69 Å². The Morgan fingerprint density at radius 1 is 1.00 bits per heavy atom. The van der Waals surface area contributed by atoms with Crippen LogP contribution in [0.15, 0.2) is 36.4 Å². The molecule has 0 heterocycles. The SMILES string of the molecule is CC[C@H](C(=O)N[C@@H](C)CC)N(Cc1ccc(Cl)cc1Cl)C(=O)CN(c1cc(C)ccc1C)S(=O)(=O)N(C)C. The van der Waals surface area contributed by atoms with Crippen LogP contribution in [0.2, 0.25) is 10.0 Å². The molecule has 0 saturated heterocycles. The second-order valence-electron chi connectivity index (χ2n) is 9.59. The Balaban J connectivity index is 2.59. The number of rotatable bonds is 12. The van der Waals surface area contributed by atoms with Crippen molar-refractivity contribution in [1.82, 2.24) is 14.5 Å². The van der Waals surface area contributed by atoms with Crippen molar-refractivity contribution in [1.29, 1.82) is 0 Å². The highest BCUT2D eigenvalue weighted by molar-refractivity contribution is 7.90. The van der Waals surface area contributed by atoms with E-state index in [1.54, 1.807) is 31.2 Å². The fourth-order valence-corrected chi connectivity index (χ4v) is 5.47. The molecule has 0 radical (unpaired) electrons. The molecule has 2 rings (SSSR count). The molecule has 0 aliphatic rings. The first kappa shape index (κ1) is 31.9. The second kappa shape index (κ2) is 13.6. The first-order valence-corrected chi connectivity index (χ1v) is 14.7. The van der Waals surface area contributed by atoms with Gasteiger partial charge in [0.25, 0.3) is 0 Å². The molecule has 8 nitrogen and oxygen atoms in total. The Bertz CT molecular complexity index is 1250. The van der Waals surface area contributed by atoms with Gasteiger partial charge in [0.15, 0.2) is 0 Å². The Morgan fingerprint density at radius 3 is 2.21 bits per heavy atom. The summed E-state index contributed by atoms with van der Waals surface area (Å²) in [5.74, 6) is -0.845. The van der Waals surface area contributed by atoms with Crippen LogP contribution in [0, 0.1) is 13.8 Å². The lowest BCUT2D eigenvalue weighted by atomic mass is 10.1. The van der Waals surface area contributed by atoms with Crippen molar-refractivity contribution in [3.05, 3.63) is 63.1 Å². The molecule has 0 aromatic heterocycles. The normalized spacial score (nSPS) is 13.2. The average molecular weight is 586 g/mol. The maximum atomic E-state index is 14.0.